The van der Waals surface area contributed by atoms with Crippen LogP contribution in [0.2, 0.25) is 5.02 Å². The molecule has 0 spiro atoms. The summed E-state index contributed by atoms with van der Waals surface area (Å²) in [5.41, 5.74) is 7.50. The van der Waals surface area contributed by atoms with Gasteiger partial charge in [-0.15, -0.1) is 0 Å². The zero-order chi connectivity index (χ0) is 15.0. The molecule has 0 fully saturated rings. The molecule has 0 aliphatic heterocycles. The molecule has 7 heteroatoms. The number of fused-ring (bicyclic) bond motifs is 1. The Labute approximate surface area is 126 Å². The fourth-order valence-corrected chi connectivity index (χ4v) is 3.37. The van der Waals surface area contributed by atoms with E-state index < -0.39 is 9.84 Å². The van der Waals surface area contributed by atoms with Crippen LogP contribution in [0, 0.1) is 0 Å². The number of oxazole rings is 1. The second kappa shape index (κ2) is 5.05. The molecule has 3 rings (SSSR count). The molecule has 5 nitrogen and oxygen atoms in total. The van der Waals surface area contributed by atoms with Crippen LogP contribution in [0.15, 0.2) is 52.1 Å². The quantitative estimate of drug-likeness (QED) is 0.749. The molecule has 0 amide bonds. The molecule has 0 saturated carbocycles. The molecule has 0 atom stereocenters. The number of sulfone groups is 1. The van der Waals surface area contributed by atoms with Gasteiger partial charge in [-0.05, 0) is 35.9 Å². The Bertz CT molecular complexity index is 919. The van der Waals surface area contributed by atoms with Crippen molar-refractivity contribution in [1.82, 2.24) is 4.98 Å². The summed E-state index contributed by atoms with van der Waals surface area (Å²) in [6.07, 6.45) is 0. The number of aromatic nitrogens is 1. The van der Waals surface area contributed by atoms with E-state index >= 15 is 0 Å². The number of anilines is 1. The summed E-state index contributed by atoms with van der Waals surface area (Å²) < 4.78 is 30.0. The Hall–Kier alpha value is -2.05. The van der Waals surface area contributed by atoms with E-state index in [2.05, 4.69) is 4.98 Å². The van der Waals surface area contributed by atoms with Crippen molar-refractivity contribution in [3.8, 4) is 0 Å². The van der Waals surface area contributed by atoms with Crippen molar-refractivity contribution in [2.45, 2.75) is 11.0 Å². The van der Waals surface area contributed by atoms with Crippen LogP contribution in [-0.2, 0) is 15.6 Å². The van der Waals surface area contributed by atoms with E-state index in [0.29, 0.717) is 27.4 Å². The van der Waals surface area contributed by atoms with Gasteiger partial charge in [0.15, 0.2) is 5.58 Å². The number of hydrogen-bond acceptors (Lipinski definition) is 5. The zero-order valence-electron chi connectivity index (χ0n) is 10.8. The molecule has 0 unspecified atom stereocenters. The number of nitrogens with two attached hydrogens (primary N) is 1. The van der Waals surface area contributed by atoms with Crippen molar-refractivity contribution in [3.63, 3.8) is 0 Å². The Morgan fingerprint density at radius 3 is 2.76 bits per heavy atom. The minimum atomic E-state index is -3.68. The molecule has 108 valence electrons. The maximum atomic E-state index is 12.3. The van der Waals surface area contributed by atoms with Gasteiger partial charge in [0.1, 0.15) is 5.52 Å². The maximum Gasteiger partial charge on any atom is 0.316 e. The second-order valence-corrected chi connectivity index (χ2v) is 6.90. The summed E-state index contributed by atoms with van der Waals surface area (Å²) in [4.78, 5) is 4.00. The van der Waals surface area contributed by atoms with Crippen molar-refractivity contribution in [2.75, 3.05) is 5.73 Å². The van der Waals surface area contributed by atoms with Gasteiger partial charge in [-0.25, -0.2) is 8.42 Å². The van der Waals surface area contributed by atoms with E-state index in [4.69, 9.17) is 21.8 Å². The molecule has 1 aromatic heterocycles. The van der Waals surface area contributed by atoms with Gasteiger partial charge in [-0.1, -0.05) is 23.7 Å². The van der Waals surface area contributed by atoms with Gasteiger partial charge in [-0.2, -0.15) is 4.98 Å². The number of hydrogen-bond donors (Lipinski definition) is 1. The van der Waals surface area contributed by atoms with Crippen molar-refractivity contribution < 1.29 is 12.8 Å². The lowest BCUT2D eigenvalue weighted by Crippen LogP contribution is -2.05. The summed E-state index contributed by atoms with van der Waals surface area (Å²) in [6.45, 7) is 0. The van der Waals surface area contributed by atoms with E-state index in [1.165, 1.54) is 0 Å². The van der Waals surface area contributed by atoms with Gasteiger partial charge >= 0.3 is 5.22 Å². The lowest BCUT2D eigenvalue weighted by molar-refractivity contribution is 0.458. The highest BCUT2D eigenvalue weighted by atomic mass is 35.5. The first-order valence-electron chi connectivity index (χ1n) is 6.07. The average Bonchev–Trinajstić information content (AvgIpc) is 2.82. The van der Waals surface area contributed by atoms with Gasteiger partial charge < -0.3 is 10.2 Å². The molecule has 1 heterocycles. The topological polar surface area (TPSA) is 86.2 Å². The van der Waals surface area contributed by atoms with E-state index in [0.717, 1.165) is 0 Å². The van der Waals surface area contributed by atoms with Crippen LogP contribution < -0.4 is 5.73 Å². The molecule has 0 aliphatic rings. The third kappa shape index (κ3) is 2.86. The number of benzene rings is 2. The van der Waals surface area contributed by atoms with Crippen LogP contribution >= 0.6 is 11.6 Å². The Morgan fingerprint density at radius 1 is 1.19 bits per heavy atom. The van der Waals surface area contributed by atoms with E-state index in [1.54, 1.807) is 42.5 Å². The molecular weight excluding hydrogens is 312 g/mol. The molecule has 2 aromatic carbocycles. The molecular formula is C14H11ClN2O3S. The third-order valence-corrected chi connectivity index (χ3v) is 4.56. The maximum absolute atomic E-state index is 12.3. The molecule has 0 bridgehead atoms. The Morgan fingerprint density at radius 2 is 2.00 bits per heavy atom. The molecule has 0 saturated heterocycles. The predicted octanol–water partition coefficient (Wildman–Crippen LogP) is 3.04. The number of halogens is 1. The summed E-state index contributed by atoms with van der Waals surface area (Å²) in [7, 11) is -3.68. The van der Waals surface area contributed by atoms with Crippen molar-refractivity contribution in [3.05, 3.63) is 53.1 Å². The number of nitrogens with zero attached hydrogens (tertiary/aromatic N) is 1. The SMILES string of the molecule is Nc1ccc2oc(S(=O)(=O)Cc3cccc(Cl)c3)nc2c1. The molecule has 0 radical (unpaired) electrons. The molecule has 2 N–H and O–H groups in total. The summed E-state index contributed by atoms with van der Waals surface area (Å²) in [5.74, 6) is -0.226. The highest BCUT2D eigenvalue weighted by molar-refractivity contribution is 7.90. The summed E-state index contributed by atoms with van der Waals surface area (Å²) >= 11 is 5.85. The molecule has 3 aromatic rings. The van der Waals surface area contributed by atoms with Crippen LogP contribution in [-0.4, -0.2) is 13.4 Å². The first-order chi connectivity index (χ1) is 9.94. The van der Waals surface area contributed by atoms with Gasteiger partial charge in [0, 0.05) is 10.7 Å². The number of nitrogen functional groups attached to an aromatic ring is 1. The largest absolute Gasteiger partial charge is 0.428 e. The normalized spacial score (nSPS) is 11.9. The Kier molecular flexibility index (Phi) is 3.35. The smallest absolute Gasteiger partial charge is 0.316 e. The van der Waals surface area contributed by atoms with Gasteiger partial charge in [-0.3, -0.25) is 0 Å². The highest BCUT2D eigenvalue weighted by Crippen LogP contribution is 2.24. The van der Waals surface area contributed by atoms with E-state index in [1.807, 2.05) is 0 Å². The second-order valence-electron chi connectivity index (χ2n) is 4.60. The summed E-state index contributed by atoms with van der Waals surface area (Å²) in [6, 6.07) is 11.4. The standard InChI is InChI=1S/C14H11ClN2O3S/c15-10-3-1-2-9(6-10)8-21(18,19)14-17-12-7-11(16)4-5-13(12)20-14/h1-7H,8,16H2. The van der Waals surface area contributed by atoms with Gasteiger partial charge in [0.25, 0.3) is 0 Å². The Balaban J connectivity index is 2.00. The predicted molar refractivity (Wildman–Crippen MR) is 80.8 cm³/mol. The minimum Gasteiger partial charge on any atom is -0.428 e. The first kappa shape index (κ1) is 13.9. The lowest BCUT2D eigenvalue weighted by atomic mass is 10.2. The fraction of sp³-hybridized carbons (Fsp3) is 0.0714. The zero-order valence-corrected chi connectivity index (χ0v) is 12.4. The van der Waals surface area contributed by atoms with Crippen molar-refractivity contribution >= 4 is 38.2 Å². The molecule has 0 aliphatic carbocycles. The van der Waals surface area contributed by atoms with Gasteiger partial charge in [0.05, 0.1) is 5.75 Å². The molecule has 21 heavy (non-hydrogen) atoms. The first-order valence-corrected chi connectivity index (χ1v) is 8.10. The average molecular weight is 323 g/mol. The lowest BCUT2D eigenvalue weighted by Gasteiger charge is -2.00. The van der Waals surface area contributed by atoms with Crippen molar-refractivity contribution in [1.29, 1.82) is 0 Å². The monoisotopic (exact) mass is 322 g/mol. The van der Waals surface area contributed by atoms with Crippen molar-refractivity contribution in [2.24, 2.45) is 0 Å². The van der Waals surface area contributed by atoms with E-state index in [-0.39, 0.29) is 11.0 Å². The van der Waals surface area contributed by atoms with Crippen LogP contribution in [0.4, 0.5) is 5.69 Å². The van der Waals surface area contributed by atoms with E-state index in [9.17, 15) is 8.42 Å². The van der Waals surface area contributed by atoms with Gasteiger partial charge in [0.2, 0.25) is 9.84 Å². The van der Waals surface area contributed by atoms with Crippen LogP contribution in [0.1, 0.15) is 5.56 Å². The minimum absolute atomic E-state index is 0.226. The summed E-state index contributed by atoms with van der Waals surface area (Å²) in [5, 5.41) is 0.163. The van der Waals surface area contributed by atoms with Crippen LogP contribution in [0.5, 0.6) is 0 Å². The fourth-order valence-electron chi connectivity index (χ4n) is 1.96. The van der Waals surface area contributed by atoms with Crippen LogP contribution in [0.25, 0.3) is 11.1 Å². The van der Waals surface area contributed by atoms with Crippen LogP contribution in [0.3, 0.4) is 0 Å². The third-order valence-electron chi connectivity index (χ3n) is 2.90. The number of rotatable bonds is 3. The highest BCUT2D eigenvalue weighted by Gasteiger charge is 2.22.